The van der Waals surface area contributed by atoms with Crippen molar-refractivity contribution in [3.05, 3.63) is 24.3 Å². The minimum atomic E-state index is 0.197. The summed E-state index contributed by atoms with van der Waals surface area (Å²) in [6.45, 7) is 6.17. The monoisotopic (exact) mass is 402 g/mol. The first-order chi connectivity index (χ1) is 14.3. The number of carbonyl (C=O) groups is 1. The molecule has 0 N–H and O–H groups in total. The van der Waals surface area contributed by atoms with E-state index in [0.717, 1.165) is 64.5 Å². The second kappa shape index (κ2) is 9.93. The van der Waals surface area contributed by atoms with Crippen LogP contribution < -0.4 is 0 Å². The van der Waals surface area contributed by atoms with Gasteiger partial charge in [0, 0.05) is 51.0 Å². The first-order valence-electron chi connectivity index (χ1n) is 10.6. The number of amides is 1. The molecule has 10 heteroatoms. The number of piperidine rings is 1. The maximum Gasteiger partial charge on any atom is 0.224 e. The molecule has 2 saturated heterocycles. The Balaban J connectivity index is 1.29. The van der Waals surface area contributed by atoms with Gasteiger partial charge < -0.3 is 9.64 Å². The van der Waals surface area contributed by atoms with Crippen molar-refractivity contribution in [3.8, 4) is 0 Å². The predicted molar refractivity (Wildman–Crippen MR) is 105 cm³/mol. The lowest BCUT2D eigenvalue weighted by Crippen LogP contribution is -2.44. The number of hydrogen-bond acceptors (Lipinski definition) is 7. The van der Waals surface area contributed by atoms with E-state index < -0.39 is 0 Å². The molecular formula is C19H30N8O2. The number of carbonyl (C=O) groups excluding carboxylic acids is 1. The molecule has 29 heavy (non-hydrogen) atoms. The smallest absolute Gasteiger partial charge is 0.224 e. The molecule has 0 saturated carbocycles. The molecule has 0 spiro atoms. The van der Waals surface area contributed by atoms with Crippen molar-refractivity contribution in [3.63, 3.8) is 0 Å². The number of tetrazole rings is 1. The quantitative estimate of drug-likeness (QED) is 0.637. The highest BCUT2D eigenvalue weighted by atomic mass is 16.5. The Labute approximate surface area is 170 Å². The van der Waals surface area contributed by atoms with Crippen LogP contribution in [0.1, 0.15) is 37.9 Å². The van der Waals surface area contributed by atoms with Crippen molar-refractivity contribution < 1.29 is 9.53 Å². The van der Waals surface area contributed by atoms with E-state index in [9.17, 15) is 4.79 Å². The van der Waals surface area contributed by atoms with Gasteiger partial charge in [0.15, 0.2) is 5.82 Å². The van der Waals surface area contributed by atoms with Crippen molar-refractivity contribution >= 4 is 5.91 Å². The molecule has 1 amide bonds. The zero-order valence-corrected chi connectivity index (χ0v) is 16.9. The average Bonchev–Trinajstić information content (AvgIpc) is 3.43. The molecule has 0 aliphatic carbocycles. The molecule has 2 aromatic heterocycles. The van der Waals surface area contributed by atoms with Gasteiger partial charge in [-0.15, -0.1) is 5.10 Å². The Morgan fingerprint density at radius 2 is 2.07 bits per heavy atom. The van der Waals surface area contributed by atoms with Crippen molar-refractivity contribution in [2.45, 2.75) is 57.8 Å². The lowest BCUT2D eigenvalue weighted by molar-refractivity contribution is -0.135. The Kier molecular flexibility index (Phi) is 6.83. The van der Waals surface area contributed by atoms with E-state index in [1.807, 2.05) is 16.9 Å². The van der Waals surface area contributed by atoms with E-state index in [4.69, 9.17) is 4.74 Å². The molecule has 10 nitrogen and oxygen atoms in total. The second-order valence-electron chi connectivity index (χ2n) is 7.75. The molecule has 158 valence electrons. The molecule has 4 rings (SSSR count). The summed E-state index contributed by atoms with van der Waals surface area (Å²) >= 11 is 0. The van der Waals surface area contributed by atoms with Crippen LogP contribution >= 0.6 is 0 Å². The van der Waals surface area contributed by atoms with E-state index in [1.165, 1.54) is 6.42 Å². The summed E-state index contributed by atoms with van der Waals surface area (Å²) in [7, 11) is 0. The molecule has 2 aliphatic heterocycles. The Bertz CT molecular complexity index is 756. The molecule has 0 aromatic carbocycles. The van der Waals surface area contributed by atoms with E-state index in [0.29, 0.717) is 25.6 Å². The molecule has 0 unspecified atom stereocenters. The third-order valence-corrected chi connectivity index (χ3v) is 5.81. The lowest BCUT2D eigenvalue weighted by atomic mass is 9.99. The number of aryl methyl sites for hydroxylation is 2. The molecule has 2 aromatic rings. The number of rotatable bonds is 8. The van der Waals surface area contributed by atoms with Gasteiger partial charge in [-0.25, -0.2) is 4.68 Å². The van der Waals surface area contributed by atoms with Crippen LogP contribution in [0.25, 0.3) is 0 Å². The van der Waals surface area contributed by atoms with Gasteiger partial charge in [-0.3, -0.25) is 14.4 Å². The zero-order chi connectivity index (χ0) is 19.9. The normalized spacial score (nSPS) is 20.8. The summed E-state index contributed by atoms with van der Waals surface area (Å²) in [6, 6.07) is 2.23. The maximum atomic E-state index is 13.0. The van der Waals surface area contributed by atoms with Gasteiger partial charge in [0.2, 0.25) is 5.91 Å². The van der Waals surface area contributed by atoms with Gasteiger partial charge >= 0.3 is 0 Å². The number of nitrogens with zero attached hydrogens (tertiary/aromatic N) is 8. The van der Waals surface area contributed by atoms with Crippen LogP contribution in [0.4, 0.5) is 0 Å². The summed E-state index contributed by atoms with van der Waals surface area (Å²) in [4.78, 5) is 17.3. The minimum Gasteiger partial charge on any atom is -0.379 e. The maximum absolute atomic E-state index is 13.0. The summed E-state index contributed by atoms with van der Waals surface area (Å²) in [5, 5.41) is 16.4. The van der Waals surface area contributed by atoms with Gasteiger partial charge in [-0.2, -0.15) is 5.10 Å². The first kappa shape index (κ1) is 20.0. The first-order valence-corrected chi connectivity index (χ1v) is 10.6. The van der Waals surface area contributed by atoms with Gasteiger partial charge in [-0.1, -0.05) is 0 Å². The summed E-state index contributed by atoms with van der Waals surface area (Å²) < 4.78 is 9.11. The van der Waals surface area contributed by atoms with E-state index >= 15 is 0 Å². The van der Waals surface area contributed by atoms with Crippen LogP contribution in [-0.4, -0.2) is 84.6 Å². The fourth-order valence-corrected chi connectivity index (χ4v) is 4.16. The van der Waals surface area contributed by atoms with Crippen LogP contribution in [0.3, 0.4) is 0 Å². The summed E-state index contributed by atoms with van der Waals surface area (Å²) in [5.41, 5.74) is 0. The molecule has 0 bridgehead atoms. The van der Waals surface area contributed by atoms with Crippen molar-refractivity contribution in [2.75, 3.05) is 32.8 Å². The van der Waals surface area contributed by atoms with Gasteiger partial charge in [0.1, 0.15) is 0 Å². The highest BCUT2D eigenvalue weighted by molar-refractivity contribution is 5.76. The Morgan fingerprint density at radius 3 is 2.90 bits per heavy atom. The van der Waals surface area contributed by atoms with Gasteiger partial charge in [-0.05, 0) is 42.2 Å². The van der Waals surface area contributed by atoms with Crippen LogP contribution in [0.15, 0.2) is 18.5 Å². The molecule has 1 atom stereocenters. The molecule has 4 heterocycles. The summed E-state index contributed by atoms with van der Waals surface area (Å²) in [5.74, 6) is 1.01. The van der Waals surface area contributed by atoms with E-state index in [1.54, 1.807) is 10.9 Å². The number of aromatic nitrogens is 6. The number of ether oxygens (including phenoxy) is 1. The van der Waals surface area contributed by atoms with E-state index in [-0.39, 0.29) is 5.91 Å². The minimum absolute atomic E-state index is 0.197. The van der Waals surface area contributed by atoms with Gasteiger partial charge in [0.05, 0.1) is 26.3 Å². The van der Waals surface area contributed by atoms with Crippen LogP contribution in [0.5, 0.6) is 0 Å². The molecule has 2 aliphatic rings. The van der Waals surface area contributed by atoms with Crippen LogP contribution in [0.2, 0.25) is 0 Å². The number of morpholine rings is 1. The van der Waals surface area contributed by atoms with Crippen molar-refractivity contribution in [1.82, 2.24) is 39.8 Å². The predicted octanol–water partition coefficient (Wildman–Crippen LogP) is 0.563. The third-order valence-electron chi connectivity index (χ3n) is 5.81. The molecule has 0 radical (unpaired) electrons. The largest absolute Gasteiger partial charge is 0.379 e. The highest BCUT2D eigenvalue weighted by Crippen LogP contribution is 2.21. The van der Waals surface area contributed by atoms with Crippen LogP contribution in [-0.2, 0) is 29.2 Å². The number of likely N-dealkylation sites (tertiary alicyclic amines) is 1. The average molecular weight is 403 g/mol. The molecular weight excluding hydrogens is 372 g/mol. The van der Waals surface area contributed by atoms with Crippen molar-refractivity contribution in [2.24, 2.45) is 0 Å². The Hall–Kier alpha value is -2.33. The number of hydrogen-bond donors (Lipinski definition) is 0. The van der Waals surface area contributed by atoms with E-state index in [2.05, 4.69) is 30.4 Å². The SMILES string of the molecule is O=C(CCn1nnnc1CN1CCOCC1)N1CCCC[C@@H]1CCn1cccn1. The molecule has 2 fully saturated rings. The summed E-state index contributed by atoms with van der Waals surface area (Å²) in [6.07, 6.45) is 8.48. The standard InChI is InChI=1S/C19H30N8O2/c28-19(26-9-2-1-4-17(26)5-10-25-8-3-7-20-25)6-11-27-18(21-22-23-27)16-24-12-14-29-15-13-24/h3,7-8,17H,1-2,4-6,9-16H2/t17-/m1/s1. The third kappa shape index (κ3) is 5.39. The highest BCUT2D eigenvalue weighted by Gasteiger charge is 2.26. The fraction of sp³-hybridized carbons (Fsp3) is 0.737. The lowest BCUT2D eigenvalue weighted by Gasteiger charge is -2.36. The van der Waals surface area contributed by atoms with Crippen molar-refractivity contribution in [1.29, 1.82) is 0 Å². The van der Waals surface area contributed by atoms with Crippen LogP contribution in [0, 0.1) is 0 Å². The fourth-order valence-electron chi connectivity index (χ4n) is 4.16. The second-order valence-corrected chi connectivity index (χ2v) is 7.75. The Morgan fingerprint density at radius 1 is 1.17 bits per heavy atom. The van der Waals surface area contributed by atoms with Gasteiger partial charge in [0.25, 0.3) is 0 Å². The zero-order valence-electron chi connectivity index (χ0n) is 16.9. The topological polar surface area (TPSA) is 94.2 Å².